The fourth-order valence-corrected chi connectivity index (χ4v) is 1.48. The minimum Gasteiger partial charge on any atom is -0.490 e. The number of pyridine rings is 1. The van der Waals surface area contributed by atoms with Crippen molar-refractivity contribution in [2.75, 3.05) is 26.1 Å². The highest BCUT2D eigenvalue weighted by atomic mass is 16.5. The second kappa shape index (κ2) is 6.49. The number of nitrogens with zero attached hydrogens (tertiary/aromatic N) is 1. The van der Waals surface area contributed by atoms with Crippen LogP contribution >= 0.6 is 0 Å². The van der Waals surface area contributed by atoms with Crippen LogP contribution in [0, 0.1) is 0 Å². The van der Waals surface area contributed by atoms with Crippen molar-refractivity contribution in [3.05, 3.63) is 42.5 Å². The van der Waals surface area contributed by atoms with E-state index in [9.17, 15) is 0 Å². The van der Waals surface area contributed by atoms with Crippen LogP contribution in [0.2, 0.25) is 0 Å². The molecule has 5 nitrogen and oxygen atoms in total. The maximum Gasteiger partial charge on any atom is 0.240 e. The average molecular weight is 260 g/mol. The first-order valence-corrected chi connectivity index (χ1v) is 5.91. The molecule has 0 aliphatic rings. The zero-order valence-electron chi connectivity index (χ0n) is 10.7. The predicted octanol–water partition coefficient (Wildman–Crippen LogP) is 2.13. The maximum absolute atomic E-state index is 5.75. The normalized spacial score (nSPS) is 9.95. The largest absolute Gasteiger partial charge is 0.490 e. The van der Waals surface area contributed by atoms with Crippen molar-refractivity contribution in [2.45, 2.75) is 0 Å². The minimum absolute atomic E-state index is 0.357. The minimum atomic E-state index is 0.357. The van der Waals surface area contributed by atoms with Crippen LogP contribution < -0.4 is 19.9 Å². The van der Waals surface area contributed by atoms with Crippen molar-refractivity contribution < 1.29 is 14.2 Å². The van der Waals surface area contributed by atoms with E-state index >= 15 is 0 Å². The number of aromatic nitrogens is 1. The molecule has 0 saturated carbocycles. The van der Waals surface area contributed by atoms with Crippen LogP contribution in [-0.2, 0) is 0 Å². The van der Waals surface area contributed by atoms with Gasteiger partial charge in [0.05, 0.1) is 12.8 Å². The molecule has 2 aromatic rings. The third kappa shape index (κ3) is 3.77. The molecule has 0 spiro atoms. The molecule has 5 heteroatoms. The van der Waals surface area contributed by atoms with E-state index in [2.05, 4.69) is 4.98 Å². The molecule has 0 saturated heterocycles. The van der Waals surface area contributed by atoms with Gasteiger partial charge in [-0.1, -0.05) is 18.2 Å². The van der Waals surface area contributed by atoms with Crippen LogP contribution in [0.1, 0.15) is 0 Å². The summed E-state index contributed by atoms with van der Waals surface area (Å²) in [7, 11) is 1.54. The van der Waals surface area contributed by atoms with E-state index in [1.807, 2.05) is 30.3 Å². The first kappa shape index (κ1) is 13.0. The third-order valence-corrected chi connectivity index (χ3v) is 2.41. The lowest BCUT2D eigenvalue weighted by molar-refractivity contribution is 0.211. The molecular weight excluding hydrogens is 244 g/mol. The van der Waals surface area contributed by atoms with E-state index in [1.54, 1.807) is 19.2 Å². The lowest BCUT2D eigenvalue weighted by Crippen LogP contribution is -2.11. The van der Waals surface area contributed by atoms with E-state index in [-0.39, 0.29) is 0 Å². The summed E-state index contributed by atoms with van der Waals surface area (Å²) >= 11 is 0. The third-order valence-electron chi connectivity index (χ3n) is 2.41. The summed E-state index contributed by atoms with van der Waals surface area (Å²) in [5.74, 6) is 1.63. The van der Waals surface area contributed by atoms with Gasteiger partial charge in [0.25, 0.3) is 0 Å². The van der Waals surface area contributed by atoms with E-state index in [1.165, 1.54) is 0 Å². The molecule has 19 heavy (non-hydrogen) atoms. The van der Waals surface area contributed by atoms with Gasteiger partial charge in [0, 0.05) is 6.07 Å². The number of hydrogen-bond donors (Lipinski definition) is 1. The van der Waals surface area contributed by atoms with E-state index in [4.69, 9.17) is 19.9 Å². The van der Waals surface area contributed by atoms with Crippen LogP contribution in [0.4, 0.5) is 5.69 Å². The first-order valence-electron chi connectivity index (χ1n) is 5.91. The van der Waals surface area contributed by atoms with E-state index in [0.29, 0.717) is 30.7 Å². The zero-order chi connectivity index (χ0) is 13.5. The monoisotopic (exact) mass is 260 g/mol. The fourth-order valence-electron chi connectivity index (χ4n) is 1.48. The van der Waals surface area contributed by atoms with Crippen LogP contribution in [-0.4, -0.2) is 25.3 Å². The van der Waals surface area contributed by atoms with Crippen molar-refractivity contribution in [1.29, 1.82) is 0 Å². The first-order chi connectivity index (χ1) is 9.29. The van der Waals surface area contributed by atoms with Crippen molar-refractivity contribution in [3.8, 4) is 17.5 Å². The summed E-state index contributed by atoms with van der Waals surface area (Å²) in [6, 6.07) is 12.9. The Morgan fingerprint density at radius 2 is 1.74 bits per heavy atom. The molecule has 0 amide bonds. The molecule has 0 atom stereocenters. The molecule has 100 valence electrons. The highest BCUT2D eigenvalue weighted by Gasteiger charge is 2.04. The van der Waals surface area contributed by atoms with Gasteiger partial charge >= 0.3 is 0 Å². The molecule has 1 heterocycles. The van der Waals surface area contributed by atoms with Gasteiger partial charge in [0.1, 0.15) is 19.0 Å². The lowest BCUT2D eigenvalue weighted by Gasteiger charge is -2.10. The lowest BCUT2D eigenvalue weighted by atomic mass is 10.3. The number of nitrogens with two attached hydrogens (primary N) is 1. The molecule has 0 radical (unpaired) electrons. The number of methoxy groups -OCH3 is 1. The number of ether oxygens (including phenoxy) is 3. The quantitative estimate of drug-likeness (QED) is 0.806. The number of hydrogen-bond acceptors (Lipinski definition) is 5. The summed E-state index contributed by atoms with van der Waals surface area (Å²) in [5.41, 5.74) is 6.23. The number of anilines is 1. The maximum atomic E-state index is 5.75. The second-order valence-electron chi connectivity index (χ2n) is 3.76. The number of para-hydroxylation sites is 1. The topological polar surface area (TPSA) is 66.6 Å². The van der Waals surface area contributed by atoms with Crippen molar-refractivity contribution in [2.24, 2.45) is 0 Å². The van der Waals surface area contributed by atoms with Gasteiger partial charge in [-0.25, -0.2) is 0 Å². The van der Waals surface area contributed by atoms with Gasteiger partial charge in [0.15, 0.2) is 0 Å². The predicted molar refractivity (Wildman–Crippen MR) is 72.6 cm³/mol. The Kier molecular flexibility index (Phi) is 4.44. The van der Waals surface area contributed by atoms with E-state index in [0.717, 1.165) is 5.75 Å². The molecule has 1 aromatic carbocycles. The summed E-state index contributed by atoms with van der Waals surface area (Å²) in [6.07, 6.45) is 0. The summed E-state index contributed by atoms with van der Waals surface area (Å²) in [5, 5.41) is 0. The SMILES string of the molecule is COc1ccc(N)c(OCCOc2ccccc2)n1. The standard InChI is InChI=1S/C14H16N2O3/c1-17-13-8-7-12(15)14(16-13)19-10-9-18-11-5-3-2-4-6-11/h2-8H,9-10,15H2,1H3. The second-order valence-corrected chi connectivity index (χ2v) is 3.76. The zero-order valence-corrected chi connectivity index (χ0v) is 10.7. The summed E-state index contributed by atoms with van der Waals surface area (Å²) in [4.78, 5) is 4.11. The molecule has 0 unspecified atom stereocenters. The van der Waals surface area contributed by atoms with Crippen LogP contribution in [0.25, 0.3) is 0 Å². The van der Waals surface area contributed by atoms with Crippen molar-refractivity contribution >= 4 is 5.69 Å². The Labute approximate surface area is 111 Å². The number of benzene rings is 1. The van der Waals surface area contributed by atoms with Gasteiger partial charge < -0.3 is 19.9 Å². The van der Waals surface area contributed by atoms with Crippen LogP contribution in [0.3, 0.4) is 0 Å². The van der Waals surface area contributed by atoms with Crippen LogP contribution in [0.15, 0.2) is 42.5 Å². The van der Waals surface area contributed by atoms with Gasteiger partial charge in [0.2, 0.25) is 11.8 Å². The molecule has 0 bridgehead atoms. The molecule has 1 aromatic heterocycles. The highest BCUT2D eigenvalue weighted by Crippen LogP contribution is 2.21. The highest BCUT2D eigenvalue weighted by molar-refractivity contribution is 5.49. The summed E-state index contributed by atoms with van der Waals surface area (Å²) < 4.78 is 16.0. The molecule has 0 fully saturated rings. The number of rotatable bonds is 6. The Bertz CT molecular complexity index is 517. The van der Waals surface area contributed by atoms with Gasteiger partial charge in [-0.2, -0.15) is 4.98 Å². The smallest absolute Gasteiger partial charge is 0.240 e. The van der Waals surface area contributed by atoms with Crippen molar-refractivity contribution in [1.82, 2.24) is 4.98 Å². The Morgan fingerprint density at radius 3 is 2.47 bits per heavy atom. The average Bonchev–Trinajstić information content (AvgIpc) is 2.46. The summed E-state index contributed by atoms with van der Waals surface area (Å²) in [6.45, 7) is 0.779. The molecule has 0 aliphatic carbocycles. The Balaban J connectivity index is 1.82. The number of nitrogen functional groups attached to an aromatic ring is 1. The van der Waals surface area contributed by atoms with E-state index < -0.39 is 0 Å². The van der Waals surface area contributed by atoms with Crippen molar-refractivity contribution in [3.63, 3.8) is 0 Å². The molecule has 2 rings (SSSR count). The molecule has 2 N–H and O–H groups in total. The van der Waals surface area contributed by atoms with Crippen LogP contribution in [0.5, 0.6) is 17.5 Å². The molecule has 0 aliphatic heterocycles. The van der Waals surface area contributed by atoms with Gasteiger partial charge in [-0.3, -0.25) is 0 Å². The van der Waals surface area contributed by atoms with Gasteiger partial charge in [-0.05, 0) is 18.2 Å². The molecular formula is C14H16N2O3. The Hall–Kier alpha value is -2.43. The van der Waals surface area contributed by atoms with Gasteiger partial charge in [-0.15, -0.1) is 0 Å². The Morgan fingerprint density at radius 1 is 1.00 bits per heavy atom. The fraction of sp³-hybridized carbons (Fsp3) is 0.214.